The number of benzene rings is 1. The molecule has 5 nitrogen and oxygen atoms in total. The van der Waals surface area contributed by atoms with Gasteiger partial charge in [-0.05, 0) is 12.0 Å². The van der Waals surface area contributed by atoms with Crippen molar-refractivity contribution >= 4 is 11.8 Å². The van der Waals surface area contributed by atoms with Gasteiger partial charge in [-0.1, -0.05) is 30.3 Å². The van der Waals surface area contributed by atoms with Gasteiger partial charge < -0.3 is 16.2 Å². The number of aliphatic hydroxyl groups is 1. The Hall–Kier alpha value is -1.88. The van der Waals surface area contributed by atoms with E-state index in [0.29, 0.717) is 6.54 Å². The third-order valence-electron chi connectivity index (χ3n) is 2.31. The topological polar surface area (TPSA) is 92.4 Å². The average molecular weight is 236 g/mol. The molecule has 0 spiro atoms. The Labute approximate surface area is 99.6 Å². The van der Waals surface area contributed by atoms with E-state index in [9.17, 15) is 9.59 Å². The summed E-state index contributed by atoms with van der Waals surface area (Å²) in [4.78, 5) is 21.9. The zero-order chi connectivity index (χ0) is 12.7. The molecule has 0 saturated heterocycles. The lowest BCUT2D eigenvalue weighted by molar-refractivity contribution is -0.127. The van der Waals surface area contributed by atoms with Gasteiger partial charge in [-0.3, -0.25) is 9.59 Å². The molecule has 0 unspecified atom stereocenters. The summed E-state index contributed by atoms with van der Waals surface area (Å²) in [6, 6.07) is 9.47. The molecule has 1 aromatic rings. The van der Waals surface area contributed by atoms with E-state index in [1.807, 2.05) is 30.3 Å². The van der Waals surface area contributed by atoms with E-state index in [2.05, 4.69) is 5.32 Å². The summed E-state index contributed by atoms with van der Waals surface area (Å²) in [5, 5.41) is 11.8. The monoisotopic (exact) mass is 236 g/mol. The largest absolute Gasteiger partial charge is 0.383 e. The van der Waals surface area contributed by atoms with Crippen molar-refractivity contribution in [3.63, 3.8) is 0 Å². The lowest BCUT2D eigenvalue weighted by atomic mass is 10.1. The van der Waals surface area contributed by atoms with Crippen LogP contribution in [0.25, 0.3) is 0 Å². The highest BCUT2D eigenvalue weighted by molar-refractivity contribution is 5.80. The molecule has 5 heteroatoms. The number of primary amides is 1. The molecule has 0 aliphatic rings. The van der Waals surface area contributed by atoms with Crippen molar-refractivity contribution in [3.05, 3.63) is 35.9 Å². The minimum Gasteiger partial charge on any atom is -0.383 e. The smallest absolute Gasteiger partial charge is 0.246 e. The fourth-order valence-electron chi connectivity index (χ4n) is 1.29. The number of hydrogen-bond donors (Lipinski definition) is 3. The van der Waals surface area contributed by atoms with E-state index in [-0.39, 0.29) is 18.7 Å². The van der Waals surface area contributed by atoms with Crippen LogP contribution in [0.2, 0.25) is 0 Å². The van der Waals surface area contributed by atoms with E-state index < -0.39 is 12.0 Å². The predicted octanol–water partition coefficient (Wildman–Crippen LogP) is -0.0708. The van der Waals surface area contributed by atoms with Crippen LogP contribution >= 0.6 is 0 Å². The van der Waals surface area contributed by atoms with E-state index in [1.54, 1.807) is 0 Å². The van der Waals surface area contributed by atoms with Gasteiger partial charge in [0.25, 0.3) is 0 Å². The Balaban J connectivity index is 2.24. The van der Waals surface area contributed by atoms with E-state index in [1.165, 1.54) is 0 Å². The van der Waals surface area contributed by atoms with Crippen LogP contribution in [0, 0.1) is 0 Å². The first kappa shape index (κ1) is 13.2. The van der Waals surface area contributed by atoms with Crippen molar-refractivity contribution in [1.82, 2.24) is 5.32 Å². The Morgan fingerprint density at radius 2 is 1.94 bits per heavy atom. The van der Waals surface area contributed by atoms with E-state index in [4.69, 9.17) is 10.8 Å². The van der Waals surface area contributed by atoms with Gasteiger partial charge in [0.15, 0.2) is 0 Å². The molecule has 0 aliphatic heterocycles. The number of rotatable bonds is 6. The van der Waals surface area contributed by atoms with E-state index >= 15 is 0 Å². The Kier molecular flexibility index (Phi) is 5.16. The predicted molar refractivity (Wildman–Crippen MR) is 62.7 cm³/mol. The van der Waals surface area contributed by atoms with Crippen LogP contribution in [0.1, 0.15) is 18.4 Å². The highest BCUT2D eigenvalue weighted by Gasteiger charge is 2.12. The Bertz CT molecular complexity index is 379. The molecular formula is C12H16N2O3. The van der Waals surface area contributed by atoms with Gasteiger partial charge in [0.05, 0.1) is 0 Å². The summed E-state index contributed by atoms with van der Waals surface area (Å²) < 4.78 is 0. The van der Waals surface area contributed by atoms with Crippen LogP contribution in [0.5, 0.6) is 0 Å². The fraction of sp³-hybridized carbons (Fsp3) is 0.333. The zero-order valence-electron chi connectivity index (χ0n) is 9.43. The highest BCUT2D eigenvalue weighted by atomic mass is 16.3. The molecule has 2 amide bonds. The van der Waals surface area contributed by atoms with Crippen LogP contribution in [0.4, 0.5) is 0 Å². The number of carbonyl (C=O) groups excluding carboxylic acids is 2. The molecule has 0 bridgehead atoms. The van der Waals surface area contributed by atoms with Gasteiger partial charge >= 0.3 is 0 Å². The second kappa shape index (κ2) is 6.65. The molecule has 0 heterocycles. The summed E-state index contributed by atoms with van der Waals surface area (Å²) >= 11 is 0. The second-order valence-electron chi connectivity index (χ2n) is 3.72. The maximum Gasteiger partial charge on any atom is 0.246 e. The first-order valence-corrected chi connectivity index (χ1v) is 5.37. The second-order valence-corrected chi connectivity index (χ2v) is 3.72. The molecule has 0 radical (unpaired) electrons. The summed E-state index contributed by atoms with van der Waals surface area (Å²) in [6.07, 6.45) is -1.12. The van der Waals surface area contributed by atoms with Crippen LogP contribution < -0.4 is 11.1 Å². The summed E-state index contributed by atoms with van der Waals surface area (Å²) in [6.45, 7) is 0.437. The van der Waals surface area contributed by atoms with Crippen molar-refractivity contribution in [1.29, 1.82) is 0 Å². The minimum atomic E-state index is -1.25. The normalized spacial score (nSPS) is 11.8. The van der Waals surface area contributed by atoms with Gasteiger partial charge in [-0.25, -0.2) is 0 Å². The molecule has 0 aliphatic carbocycles. The van der Waals surface area contributed by atoms with Gasteiger partial charge in [0, 0.05) is 13.0 Å². The van der Waals surface area contributed by atoms with Gasteiger partial charge in [-0.2, -0.15) is 0 Å². The standard InChI is InChI=1S/C12H16N2O3/c13-12(17)10(15)6-7-11(16)14-8-9-4-2-1-3-5-9/h1-5,10,15H,6-8H2,(H2,13,17)(H,14,16)/t10-/m0/s1. The van der Waals surface area contributed by atoms with Gasteiger partial charge in [-0.15, -0.1) is 0 Å². The molecule has 0 fully saturated rings. The summed E-state index contributed by atoms with van der Waals surface area (Å²) in [7, 11) is 0. The van der Waals surface area contributed by atoms with Crippen molar-refractivity contribution in [2.45, 2.75) is 25.5 Å². The molecule has 1 aromatic carbocycles. The molecule has 0 aromatic heterocycles. The van der Waals surface area contributed by atoms with Crippen molar-refractivity contribution < 1.29 is 14.7 Å². The third-order valence-corrected chi connectivity index (χ3v) is 2.31. The highest BCUT2D eigenvalue weighted by Crippen LogP contribution is 1.99. The van der Waals surface area contributed by atoms with Gasteiger partial charge in [0.1, 0.15) is 6.10 Å². The molecule has 1 atom stereocenters. The third kappa shape index (κ3) is 5.12. The average Bonchev–Trinajstić information content (AvgIpc) is 2.34. The number of aliphatic hydroxyl groups excluding tert-OH is 1. The van der Waals surface area contributed by atoms with Crippen LogP contribution in [-0.2, 0) is 16.1 Å². The van der Waals surface area contributed by atoms with Crippen molar-refractivity contribution in [3.8, 4) is 0 Å². The Morgan fingerprint density at radius 1 is 1.29 bits per heavy atom. The number of carbonyl (C=O) groups is 2. The maximum atomic E-state index is 11.4. The molecule has 0 saturated carbocycles. The SMILES string of the molecule is NC(=O)[C@@H](O)CCC(=O)NCc1ccccc1. The van der Waals surface area contributed by atoms with Crippen LogP contribution in [-0.4, -0.2) is 23.0 Å². The molecule has 17 heavy (non-hydrogen) atoms. The molecule has 92 valence electrons. The van der Waals surface area contributed by atoms with Crippen molar-refractivity contribution in [2.24, 2.45) is 5.73 Å². The molecule has 4 N–H and O–H groups in total. The lowest BCUT2D eigenvalue weighted by Gasteiger charge is -2.07. The Morgan fingerprint density at radius 3 is 2.53 bits per heavy atom. The lowest BCUT2D eigenvalue weighted by Crippen LogP contribution is -2.30. The zero-order valence-corrected chi connectivity index (χ0v) is 9.43. The minimum absolute atomic E-state index is 0.0515. The van der Waals surface area contributed by atoms with Crippen LogP contribution in [0.3, 0.4) is 0 Å². The number of amides is 2. The molecule has 1 rings (SSSR count). The maximum absolute atomic E-state index is 11.4. The van der Waals surface area contributed by atoms with Crippen molar-refractivity contribution in [2.75, 3.05) is 0 Å². The number of hydrogen-bond acceptors (Lipinski definition) is 3. The quantitative estimate of drug-likeness (QED) is 0.645. The molecular weight excluding hydrogens is 220 g/mol. The fourth-order valence-corrected chi connectivity index (χ4v) is 1.29. The van der Waals surface area contributed by atoms with Crippen LogP contribution in [0.15, 0.2) is 30.3 Å². The number of nitrogens with one attached hydrogen (secondary N) is 1. The number of nitrogens with two attached hydrogens (primary N) is 1. The summed E-state index contributed by atoms with van der Waals surface area (Å²) in [5.74, 6) is -1.02. The first-order chi connectivity index (χ1) is 8.09. The first-order valence-electron chi connectivity index (χ1n) is 5.37. The van der Waals surface area contributed by atoms with Gasteiger partial charge in [0.2, 0.25) is 11.8 Å². The summed E-state index contributed by atoms with van der Waals surface area (Å²) in [5.41, 5.74) is 5.86. The van der Waals surface area contributed by atoms with E-state index in [0.717, 1.165) is 5.56 Å².